The van der Waals surface area contributed by atoms with Crippen LogP contribution in [0.2, 0.25) is 0 Å². The quantitative estimate of drug-likeness (QED) is 0.858. The van der Waals surface area contributed by atoms with Gasteiger partial charge in [-0.15, -0.1) is 0 Å². The van der Waals surface area contributed by atoms with Crippen LogP contribution < -0.4 is 0 Å². The summed E-state index contributed by atoms with van der Waals surface area (Å²) in [6.45, 7) is 3.03. The zero-order chi connectivity index (χ0) is 14.1. The van der Waals surface area contributed by atoms with E-state index in [9.17, 15) is 4.79 Å². The van der Waals surface area contributed by atoms with Crippen LogP contribution in [-0.4, -0.2) is 26.4 Å². The lowest BCUT2D eigenvalue weighted by atomic mass is 9.85. The van der Waals surface area contributed by atoms with Gasteiger partial charge in [-0.2, -0.15) is 0 Å². The van der Waals surface area contributed by atoms with Crippen molar-refractivity contribution in [2.75, 3.05) is 5.75 Å². The highest BCUT2D eigenvalue weighted by atomic mass is 32.2. The van der Waals surface area contributed by atoms with Crippen LogP contribution in [0.25, 0.3) is 11.0 Å². The fraction of sp³-hybridized carbons (Fsp3) is 0.467. The molecule has 0 amide bonds. The second-order valence-electron chi connectivity index (χ2n) is 5.48. The van der Waals surface area contributed by atoms with E-state index in [1.165, 1.54) is 36.6 Å². The monoisotopic (exact) mass is 290 g/mol. The fourth-order valence-corrected chi connectivity index (χ4v) is 3.30. The topological polar surface area (TPSA) is 55.1 Å². The molecule has 1 saturated carbocycles. The Morgan fingerprint density at radius 2 is 2.30 bits per heavy atom. The van der Waals surface area contributed by atoms with E-state index in [0.29, 0.717) is 0 Å². The molecule has 1 heterocycles. The summed E-state index contributed by atoms with van der Waals surface area (Å²) in [5.41, 5.74) is 3.30. The first kappa shape index (κ1) is 13.5. The molecule has 0 unspecified atom stereocenters. The molecule has 1 aromatic carbocycles. The number of aliphatic carboxylic acids is 1. The predicted octanol–water partition coefficient (Wildman–Crippen LogP) is 3.32. The van der Waals surface area contributed by atoms with Crippen LogP contribution in [0.15, 0.2) is 23.4 Å². The molecule has 1 aromatic heterocycles. The summed E-state index contributed by atoms with van der Waals surface area (Å²) in [4.78, 5) is 15.4. The van der Waals surface area contributed by atoms with E-state index >= 15 is 0 Å². The maximum Gasteiger partial charge on any atom is 0.313 e. The molecular formula is C15H18N2O2S. The van der Waals surface area contributed by atoms with Gasteiger partial charge in [-0.3, -0.25) is 4.79 Å². The van der Waals surface area contributed by atoms with Crippen LogP contribution >= 0.6 is 11.8 Å². The van der Waals surface area contributed by atoms with Gasteiger partial charge in [0.15, 0.2) is 5.16 Å². The number of hydrogen-bond acceptors (Lipinski definition) is 3. The van der Waals surface area contributed by atoms with Gasteiger partial charge in [0.2, 0.25) is 0 Å². The lowest BCUT2D eigenvalue weighted by molar-refractivity contribution is -0.133. The van der Waals surface area contributed by atoms with Crippen LogP contribution in [0.5, 0.6) is 0 Å². The van der Waals surface area contributed by atoms with Gasteiger partial charge in [-0.05, 0) is 43.4 Å². The molecule has 0 radical (unpaired) electrons. The SMILES string of the molecule is Cc1ccc2nc(SCC(=O)O)n(CC3CCC3)c2c1. The first-order valence-electron chi connectivity index (χ1n) is 6.95. The highest BCUT2D eigenvalue weighted by Gasteiger charge is 2.21. The number of aromatic nitrogens is 2. The highest BCUT2D eigenvalue weighted by Crippen LogP contribution is 2.32. The summed E-state index contributed by atoms with van der Waals surface area (Å²) in [5.74, 6) is -0.0158. The molecule has 0 saturated heterocycles. The van der Waals surface area contributed by atoms with E-state index in [-0.39, 0.29) is 5.75 Å². The van der Waals surface area contributed by atoms with Crippen LogP contribution in [0.3, 0.4) is 0 Å². The molecule has 0 atom stereocenters. The Morgan fingerprint density at radius 1 is 1.50 bits per heavy atom. The number of nitrogens with zero attached hydrogens (tertiary/aromatic N) is 2. The Hall–Kier alpha value is -1.49. The number of imidazole rings is 1. The van der Waals surface area contributed by atoms with E-state index < -0.39 is 5.97 Å². The molecule has 0 spiro atoms. The lowest BCUT2D eigenvalue weighted by Crippen LogP contribution is -2.18. The number of fused-ring (bicyclic) bond motifs is 1. The molecule has 5 heteroatoms. The van der Waals surface area contributed by atoms with Crippen molar-refractivity contribution in [3.63, 3.8) is 0 Å². The Kier molecular flexibility index (Phi) is 3.70. The van der Waals surface area contributed by atoms with Crippen molar-refractivity contribution < 1.29 is 9.90 Å². The molecule has 3 rings (SSSR count). The van der Waals surface area contributed by atoms with E-state index in [0.717, 1.165) is 28.7 Å². The van der Waals surface area contributed by atoms with Crippen molar-refractivity contribution in [3.05, 3.63) is 23.8 Å². The van der Waals surface area contributed by atoms with Crippen molar-refractivity contribution in [2.24, 2.45) is 5.92 Å². The van der Waals surface area contributed by atoms with E-state index in [4.69, 9.17) is 5.11 Å². The maximum absolute atomic E-state index is 10.8. The van der Waals surface area contributed by atoms with E-state index in [1.54, 1.807) is 0 Å². The summed E-state index contributed by atoms with van der Waals surface area (Å²) in [5, 5.41) is 9.70. The van der Waals surface area contributed by atoms with Gasteiger partial charge in [0, 0.05) is 6.54 Å². The maximum atomic E-state index is 10.8. The number of carboxylic acid groups (broad SMARTS) is 1. The molecular weight excluding hydrogens is 272 g/mol. The largest absolute Gasteiger partial charge is 0.481 e. The van der Waals surface area contributed by atoms with Gasteiger partial charge in [-0.25, -0.2) is 4.98 Å². The van der Waals surface area contributed by atoms with Gasteiger partial charge in [0.25, 0.3) is 0 Å². The second kappa shape index (κ2) is 5.48. The molecule has 20 heavy (non-hydrogen) atoms. The highest BCUT2D eigenvalue weighted by molar-refractivity contribution is 7.99. The van der Waals surface area contributed by atoms with Gasteiger partial charge in [0.05, 0.1) is 16.8 Å². The summed E-state index contributed by atoms with van der Waals surface area (Å²) < 4.78 is 2.21. The van der Waals surface area contributed by atoms with Crippen molar-refractivity contribution in [1.82, 2.24) is 9.55 Å². The third-order valence-electron chi connectivity index (χ3n) is 3.86. The third kappa shape index (κ3) is 2.68. The lowest BCUT2D eigenvalue weighted by Gasteiger charge is -2.26. The van der Waals surface area contributed by atoms with Crippen molar-refractivity contribution in [3.8, 4) is 0 Å². The standard InChI is InChI=1S/C15H18N2O2S/c1-10-5-6-12-13(7-10)17(8-11-3-2-4-11)15(16-12)20-9-14(18)19/h5-7,11H,2-4,8-9H2,1H3,(H,18,19). The van der Waals surface area contributed by atoms with Crippen molar-refractivity contribution in [1.29, 1.82) is 0 Å². The van der Waals surface area contributed by atoms with Gasteiger partial charge >= 0.3 is 5.97 Å². The number of carboxylic acids is 1. The summed E-state index contributed by atoms with van der Waals surface area (Å²) in [6.07, 6.45) is 3.86. The smallest absolute Gasteiger partial charge is 0.313 e. The van der Waals surface area contributed by atoms with E-state index in [1.807, 2.05) is 6.07 Å². The number of rotatable bonds is 5. The molecule has 1 fully saturated rings. The zero-order valence-corrected chi connectivity index (χ0v) is 12.3. The van der Waals surface area contributed by atoms with Gasteiger partial charge < -0.3 is 9.67 Å². The minimum absolute atomic E-state index is 0.0625. The molecule has 2 aromatic rings. The zero-order valence-electron chi connectivity index (χ0n) is 11.5. The number of thioether (sulfide) groups is 1. The van der Waals surface area contributed by atoms with E-state index in [2.05, 4.69) is 28.6 Å². The molecule has 1 N–H and O–H groups in total. The molecule has 0 aliphatic heterocycles. The summed E-state index contributed by atoms with van der Waals surface area (Å²) in [6, 6.07) is 6.22. The first-order valence-corrected chi connectivity index (χ1v) is 7.93. The summed E-state index contributed by atoms with van der Waals surface area (Å²) >= 11 is 1.32. The Bertz CT molecular complexity index is 647. The van der Waals surface area contributed by atoms with Crippen LogP contribution in [0.4, 0.5) is 0 Å². The summed E-state index contributed by atoms with van der Waals surface area (Å²) in [7, 11) is 0. The second-order valence-corrected chi connectivity index (χ2v) is 6.42. The fourth-order valence-electron chi connectivity index (χ4n) is 2.56. The minimum Gasteiger partial charge on any atom is -0.481 e. The third-order valence-corrected chi connectivity index (χ3v) is 4.82. The van der Waals surface area contributed by atoms with Crippen molar-refractivity contribution >= 4 is 28.8 Å². The first-order chi connectivity index (χ1) is 9.63. The molecule has 0 bridgehead atoms. The average molecular weight is 290 g/mol. The molecule has 1 aliphatic carbocycles. The predicted molar refractivity (Wildman–Crippen MR) is 80.2 cm³/mol. The van der Waals surface area contributed by atoms with Crippen molar-refractivity contribution in [2.45, 2.75) is 37.9 Å². The Balaban J connectivity index is 1.97. The molecule has 4 nitrogen and oxygen atoms in total. The number of aryl methyl sites for hydroxylation is 1. The van der Waals surface area contributed by atoms with Gasteiger partial charge in [0.1, 0.15) is 0 Å². The number of carbonyl (C=O) groups is 1. The number of benzene rings is 1. The minimum atomic E-state index is -0.798. The molecule has 106 valence electrons. The Morgan fingerprint density at radius 3 is 2.95 bits per heavy atom. The number of hydrogen-bond donors (Lipinski definition) is 1. The van der Waals surface area contributed by atoms with Crippen LogP contribution in [0, 0.1) is 12.8 Å². The van der Waals surface area contributed by atoms with Crippen LogP contribution in [0.1, 0.15) is 24.8 Å². The normalized spacial score (nSPS) is 15.4. The molecule has 1 aliphatic rings. The van der Waals surface area contributed by atoms with Crippen LogP contribution in [-0.2, 0) is 11.3 Å². The van der Waals surface area contributed by atoms with Gasteiger partial charge in [-0.1, -0.05) is 24.2 Å². The Labute approximate surface area is 122 Å². The average Bonchev–Trinajstić information content (AvgIpc) is 2.68.